The van der Waals surface area contributed by atoms with Crippen LogP contribution in [-0.2, 0) is 4.74 Å². The van der Waals surface area contributed by atoms with Gasteiger partial charge in [0.15, 0.2) is 0 Å². The lowest BCUT2D eigenvalue weighted by atomic mass is 9.76. The zero-order valence-corrected chi connectivity index (χ0v) is 14.6. The van der Waals surface area contributed by atoms with E-state index in [0.29, 0.717) is 11.5 Å². The third kappa shape index (κ3) is 4.61. The van der Waals surface area contributed by atoms with E-state index in [1.165, 1.54) is 31.2 Å². The Bertz CT molecular complexity index is 392. The molecule has 1 nitrogen and oxygen atoms in total. The topological polar surface area (TPSA) is 9.23 Å². The van der Waals surface area contributed by atoms with Crippen molar-refractivity contribution in [2.75, 3.05) is 4.43 Å². The van der Waals surface area contributed by atoms with Crippen LogP contribution in [0, 0.1) is 5.41 Å². The Kier molecular flexibility index (Phi) is 5.55. The highest BCUT2D eigenvalue weighted by molar-refractivity contribution is 14.1. The molecule has 1 saturated carbocycles. The summed E-state index contributed by atoms with van der Waals surface area (Å²) < 4.78 is 7.29. The number of ether oxygens (including phenoxy) is 1. The molecule has 1 aromatic rings. The lowest BCUT2D eigenvalue weighted by Gasteiger charge is -2.35. The van der Waals surface area contributed by atoms with Crippen molar-refractivity contribution in [3.63, 3.8) is 0 Å². The van der Waals surface area contributed by atoms with E-state index in [2.05, 4.69) is 48.6 Å². The van der Waals surface area contributed by atoms with Gasteiger partial charge in [0, 0.05) is 9.45 Å². The first kappa shape index (κ1) is 15.6. The Balaban J connectivity index is 1.94. The summed E-state index contributed by atoms with van der Waals surface area (Å²) >= 11 is 8.35. The molecule has 0 spiro atoms. The molecule has 106 valence electrons. The maximum atomic E-state index is 6.31. The largest absolute Gasteiger partial charge is 0.369 e. The van der Waals surface area contributed by atoms with Crippen LogP contribution in [-0.4, -0.2) is 10.5 Å². The van der Waals surface area contributed by atoms with Gasteiger partial charge in [0.2, 0.25) is 0 Å². The molecule has 1 aromatic carbocycles. The Morgan fingerprint density at radius 2 is 1.84 bits per heavy atom. The van der Waals surface area contributed by atoms with Crippen LogP contribution in [0.4, 0.5) is 0 Å². The Morgan fingerprint density at radius 3 is 2.37 bits per heavy atom. The number of hydrogen-bond donors (Lipinski definition) is 0. The summed E-state index contributed by atoms with van der Waals surface area (Å²) in [7, 11) is 0. The van der Waals surface area contributed by atoms with Crippen LogP contribution in [0.5, 0.6) is 0 Å². The van der Waals surface area contributed by atoms with Gasteiger partial charge in [0.25, 0.3) is 0 Å². The lowest BCUT2D eigenvalue weighted by molar-refractivity contribution is -0.0357. The van der Waals surface area contributed by atoms with Crippen molar-refractivity contribution in [1.82, 2.24) is 0 Å². The van der Waals surface area contributed by atoms with Crippen molar-refractivity contribution < 1.29 is 4.74 Å². The van der Waals surface area contributed by atoms with Gasteiger partial charge in [-0.3, -0.25) is 0 Å². The third-order valence-corrected chi connectivity index (χ3v) is 5.08. The van der Waals surface area contributed by atoms with Crippen molar-refractivity contribution in [3.8, 4) is 0 Å². The van der Waals surface area contributed by atoms with Crippen LogP contribution in [0.3, 0.4) is 0 Å². The number of rotatable bonds is 4. The molecule has 2 rings (SSSR count). The summed E-state index contributed by atoms with van der Waals surface area (Å²) in [6.45, 7) is 4.72. The minimum atomic E-state index is 0.198. The highest BCUT2D eigenvalue weighted by Crippen LogP contribution is 2.38. The monoisotopic (exact) mass is 392 g/mol. The summed E-state index contributed by atoms with van der Waals surface area (Å²) in [4.78, 5) is 0. The molecule has 3 heteroatoms. The molecular formula is C16H22ClIO. The van der Waals surface area contributed by atoms with E-state index < -0.39 is 0 Å². The summed E-state index contributed by atoms with van der Waals surface area (Å²) in [6.07, 6.45) is 5.53. The zero-order valence-electron chi connectivity index (χ0n) is 11.7. The number of benzene rings is 1. The highest BCUT2D eigenvalue weighted by Gasteiger charge is 2.28. The van der Waals surface area contributed by atoms with E-state index in [0.717, 1.165) is 9.45 Å². The summed E-state index contributed by atoms with van der Waals surface area (Å²) in [6, 6.07) is 8.06. The second kappa shape index (κ2) is 6.77. The first-order valence-corrected chi connectivity index (χ1v) is 8.87. The van der Waals surface area contributed by atoms with E-state index in [4.69, 9.17) is 16.3 Å². The summed E-state index contributed by atoms with van der Waals surface area (Å²) in [5, 5.41) is 0.787. The molecule has 0 N–H and O–H groups in total. The molecule has 0 aromatic heterocycles. The molecule has 0 amide bonds. The molecule has 0 radical (unpaired) electrons. The number of halogens is 2. The van der Waals surface area contributed by atoms with Crippen LogP contribution < -0.4 is 0 Å². The van der Waals surface area contributed by atoms with E-state index in [1.807, 2.05) is 12.1 Å². The zero-order chi connectivity index (χ0) is 13.9. The molecule has 1 atom stereocenters. The van der Waals surface area contributed by atoms with E-state index in [1.54, 1.807) is 0 Å². The molecule has 1 unspecified atom stereocenters. The average molecular weight is 393 g/mol. The summed E-state index contributed by atoms with van der Waals surface area (Å²) in [5.74, 6) is 0. The van der Waals surface area contributed by atoms with Gasteiger partial charge in [0.1, 0.15) is 0 Å². The molecule has 0 bridgehead atoms. The van der Waals surface area contributed by atoms with E-state index in [9.17, 15) is 0 Å². The van der Waals surface area contributed by atoms with Crippen LogP contribution in [0.1, 0.15) is 51.2 Å². The first-order valence-electron chi connectivity index (χ1n) is 6.97. The fourth-order valence-corrected chi connectivity index (χ4v) is 3.46. The third-order valence-electron chi connectivity index (χ3n) is 4.02. The fraction of sp³-hybridized carbons (Fsp3) is 0.625. The minimum absolute atomic E-state index is 0.198. The van der Waals surface area contributed by atoms with Gasteiger partial charge in [-0.2, -0.15) is 0 Å². The molecule has 0 heterocycles. The van der Waals surface area contributed by atoms with E-state index >= 15 is 0 Å². The Hall–Kier alpha value is 0.200. The number of hydrogen-bond acceptors (Lipinski definition) is 1. The maximum Gasteiger partial charge on any atom is 0.0918 e. The van der Waals surface area contributed by atoms with Gasteiger partial charge in [-0.25, -0.2) is 0 Å². The van der Waals surface area contributed by atoms with Crippen LogP contribution in [0.25, 0.3) is 0 Å². The molecule has 1 aliphatic carbocycles. The predicted molar refractivity (Wildman–Crippen MR) is 90.2 cm³/mol. The van der Waals surface area contributed by atoms with Gasteiger partial charge < -0.3 is 4.74 Å². The normalized spacial score (nSPS) is 21.3. The number of alkyl halides is 1. The molecule has 1 aliphatic rings. The molecule has 0 saturated heterocycles. The van der Waals surface area contributed by atoms with Crippen LogP contribution in [0.15, 0.2) is 24.3 Å². The van der Waals surface area contributed by atoms with Crippen molar-refractivity contribution >= 4 is 34.2 Å². The van der Waals surface area contributed by atoms with Gasteiger partial charge in [-0.15, -0.1) is 0 Å². The van der Waals surface area contributed by atoms with Crippen molar-refractivity contribution in [3.05, 3.63) is 34.9 Å². The Labute approximate surface area is 135 Å². The lowest BCUT2D eigenvalue weighted by Crippen LogP contribution is -2.28. The van der Waals surface area contributed by atoms with Crippen molar-refractivity contribution in [2.45, 2.75) is 51.7 Å². The van der Waals surface area contributed by atoms with E-state index in [-0.39, 0.29) is 6.10 Å². The fourth-order valence-electron chi connectivity index (χ4n) is 2.62. The van der Waals surface area contributed by atoms with Crippen molar-refractivity contribution in [1.29, 1.82) is 0 Å². The maximum absolute atomic E-state index is 6.31. The van der Waals surface area contributed by atoms with Crippen LogP contribution in [0.2, 0.25) is 5.02 Å². The average Bonchev–Trinajstić information content (AvgIpc) is 2.39. The van der Waals surface area contributed by atoms with Crippen LogP contribution >= 0.6 is 34.2 Å². The molecular weight excluding hydrogens is 371 g/mol. The van der Waals surface area contributed by atoms with Gasteiger partial charge in [-0.1, -0.05) is 60.2 Å². The predicted octanol–water partition coefficient (Wildman–Crippen LogP) is 5.80. The Morgan fingerprint density at radius 1 is 1.26 bits per heavy atom. The second-order valence-electron chi connectivity index (χ2n) is 6.19. The standard InChI is InChI=1S/C16H22ClIO/c1-16(2)9-7-14(8-10-16)19-15(11-18)12-3-5-13(17)6-4-12/h3-6,14-15H,7-11H2,1-2H3. The van der Waals surface area contributed by atoms with Gasteiger partial charge >= 0.3 is 0 Å². The van der Waals surface area contributed by atoms with Crippen molar-refractivity contribution in [2.24, 2.45) is 5.41 Å². The molecule has 1 fully saturated rings. The SMILES string of the molecule is CC1(C)CCC(OC(CI)c2ccc(Cl)cc2)CC1. The summed E-state index contributed by atoms with van der Waals surface area (Å²) in [5.41, 5.74) is 1.74. The molecule has 19 heavy (non-hydrogen) atoms. The van der Waals surface area contributed by atoms with Gasteiger partial charge in [-0.05, 0) is 48.8 Å². The second-order valence-corrected chi connectivity index (χ2v) is 7.51. The smallest absolute Gasteiger partial charge is 0.0918 e. The quantitative estimate of drug-likeness (QED) is 0.464. The minimum Gasteiger partial charge on any atom is -0.369 e. The highest BCUT2D eigenvalue weighted by atomic mass is 127. The van der Waals surface area contributed by atoms with Gasteiger partial charge in [0.05, 0.1) is 12.2 Å². The molecule has 0 aliphatic heterocycles. The first-order chi connectivity index (χ1) is 9.00.